The Kier molecular flexibility index (Phi) is 7.66. The molecular weight excluding hydrogens is 459 g/mol. The average molecular weight is 479 g/mol. The summed E-state index contributed by atoms with van der Waals surface area (Å²) in [5.74, 6) is -0.0770. The molecule has 0 saturated heterocycles. The van der Waals surface area contributed by atoms with Crippen molar-refractivity contribution < 1.29 is 4.79 Å². The number of aromatic nitrogens is 3. The summed E-state index contributed by atoms with van der Waals surface area (Å²) in [6.07, 6.45) is 9.73. The van der Waals surface area contributed by atoms with E-state index in [-0.39, 0.29) is 18.3 Å². The summed E-state index contributed by atoms with van der Waals surface area (Å²) < 4.78 is 3.03. The maximum atomic E-state index is 13.0. The van der Waals surface area contributed by atoms with Gasteiger partial charge in [0.15, 0.2) is 5.13 Å². The molecule has 0 N–H and O–H groups in total. The van der Waals surface area contributed by atoms with Gasteiger partial charge in [0.25, 0.3) is 5.91 Å². The summed E-state index contributed by atoms with van der Waals surface area (Å²) in [6, 6.07) is 7.79. The van der Waals surface area contributed by atoms with Crippen LogP contribution in [0.4, 0.5) is 5.13 Å². The van der Waals surface area contributed by atoms with Crippen molar-refractivity contribution in [1.82, 2.24) is 14.5 Å². The Hall–Kier alpha value is -2.19. The molecule has 0 saturated carbocycles. The molecule has 0 unspecified atom stereocenters. The topological polar surface area (TPSA) is 51.0 Å². The quantitative estimate of drug-likeness (QED) is 0.302. The molecule has 1 aromatic carbocycles. The van der Waals surface area contributed by atoms with Gasteiger partial charge in [0, 0.05) is 41.5 Å². The summed E-state index contributed by atoms with van der Waals surface area (Å²) in [4.78, 5) is 24.6. The molecule has 30 heavy (non-hydrogen) atoms. The Balaban J connectivity index is 0.00000256. The van der Waals surface area contributed by atoms with E-state index in [1.165, 1.54) is 11.3 Å². The number of hydrogen-bond donors (Lipinski definition) is 0. The highest BCUT2D eigenvalue weighted by molar-refractivity contribution is 7.22. The van der Waals surface area contributed by atoms with Gasteiger partial charge in [-0.1, -0.05) is 29.0 Å². The van der Waals surface area contributed by atoms with Crippen LogP contribution in [0.25, 0.3) is 16.3 Å². The van der Waals surface area contributed by atoms with Gasteiger partial charge in [0.1, 0.15) is 0 Å². The number of aryl methyl sites for hydroxylation is 2. The molecule has 9 heteroatoms. The largest absolute Gasteiger partial charge is 0.337 e. The first-order chi connectivity index (χ1) is 14.1. The van der Waals surface area contributed by atoms with Crippen LogP contribution in [0.1, 0.15) is 16.9 Å². The Bertz CT molecular complexity index is 1140. The first-order valence-electron chi connectivity index (χ1n) is 9.16. The number of thiazole rings is 1. The second-order valence-corrected chi connectivity index (χ2v) is 8.90. The van der Waals surface area contributed by atoms with Crippen LogP contribution >= 0.6 is 46.7 Å². The highest BCUT2D eigenvalue weighted by Crippen LogP contribution is 2.33. The molecule has 1 amide bonds. The summed E-state index contributed by atoms with van der Waals surface area (Å²) in [5, 5.41) is 3.37. The van der Waals surface area contributed by atoms with Crippen molar-refractivity contribution in [3.05, 3.63) is 69.9 Å². The van der Waals surface area contributed by atoms with E-state index in [1.807, 2.05) is 53.4 Å². The SMILES string of the molecule is Cc1c(Cl)ccc2sc(N(CCCn3ccnc3)C(=O)/C=C/c3cccs3)nc12.Cl. The van der Waals surface area contributed by atoms with E-state index in [0.29, 0.717) is 16.7 Å². The molecule has 3 heterocycles. The van der Waals surface area contributed by atoms with Crippen molar-refractivity contribution in [1.29, 1.82) is 0 Å². The van der Waals surface area contributed by atoms with E-state index in [4.69, 9.17) is 16.6 Å². The minimum atomic E-state index is -0.0770. The van der Waals surface area contributed by atoms with E-state index in [1.54, 1.807) is 34.8 Å². The Labute approximate surface area is 194 Å². The molecule has 0 bridgehead atoms. The third-order valence-corrected chi connectivity index (χ3v) is 6.81. The highest BCUT2D eigenvalue weighted by atomic mass is 35.5. The van der Waals surface area contributed by atoms with Gasteiger partial charge < -0.3 is 4.57 Å². The summed E-state index contributed by atoms with van der Waals surface area (Å²) in [6.45, 7) is 3.31. The van der Waals surface area contributed by atoms with Crippen LogP contribution in [0, 0.1) is 6.92 Å². The fourth-order valence-electron chi connectivity index (χ4n) is 2.96. The number of carbonyl (C=O) groups excluding carboxylic acids is 1. The minimum Gasteiger partial charge on any atom is -0.337 e. The molecule has 5 nitrogen and oxygen atoms in total. The van der Waals surface area contributed by atoms with Gasteiger partial charge in [0.05, 0.1) is 16.5 Å². The van der Waals surface area contributed by atoms with Crippen LogP contribution in [0.2, 0.25) is 5.02 Å². The molecule has 4 rings (SSSR count). The van der Waals surface area contributed by atoms with Gasteiger partial charge in [-0.25, -0.2) is 9.97 Å². The second kappa shape index (κ2) is 10.2. The van der Waals surface area contributed by atoms with E-state index in [9.17, 15) is 4.79 Å². The maximum absolute atomic E-state index is 13.0. The number of fused-ring (bicyclic) bond motifs is 1. The summed E-state index contributed by atoms with van der Waals surface area (Å²) in [5.41, 5.74) is 1.79. The molecule has 3 aromatic heterocycles. The molecule has 0 radical (unpaired) electrons. The molecule has 0 atom stereocenters. The first kappa shape index (κ1) is 22.5. The fourth-order valence-corrected chi connectivity index (χ4v) is 4.79. The summed E-state index contributed by atoms with van der Waals surface area (Å²) >= 11 is 9.37. The number of carbonyl (C=O) groups is 1. The lowest BCUT2D eigenvalue weighted by molar-refractivity contribution is -0.114. The third kappa shape index (κ3) is 5.10. The van der Waals surface area contributed by atoms with Crippen LogP contribution in [-0.4, -0.2) is 27.0 Å². The molecular formula is C21H20Cl2N4OS2. The van der Waals surface area contributed by atoms with Crippen LogP contribution in [0.5, 0.6) is 0 Å². The second-order valence-electron chi connectivity index (χ2n) is 6.51. The smallest absolute Gasteiger partial charge is 0.252 e. The van der Waals surface area contributed by atoms with Crippen LogP contribution in [0.15, 0.2) is 54.4 Å². The zero-order valence-corrected chi connectivity index (χ0v) is 19.4. The zero-order valence-electron chi connectivity index (χ0n) is 16.2. The Morgan fingerprint density at radius 2 is 2.20 bits per heavy atom. The summed E-state index contributed by atoms with van der Waals surface area (Å²) in [7, 11) is 0. The lowest BCUT2D eigenvalue weighted by Gasteiger charge is -2.18. The van der Waals surface area contributed by atoms with E-state index in [2.05, 4.69) is 4.98 Å². The lowest BCUT2D eigenvalue weighted by Crippen LogP contribution is -2.30. The number of rotatable bonds is 7. The highest BCUT2D eigenvalue weighted by Gasteiger charge is 2.19. The normalized spacial score (nSPS) is 11.1. The fraction of sp³-hybridized carbons (Fsp3) is 0.190. The van der Waals surface area contributed by atoms with Crippen molar-refractivity contribution >= 4 is 74.0 Å². The third-order valence-electron chi connectivity index (χ3n) is 4.52. The molecule has 4 aromatic rings. The molecule has 156 valence electrons. The van der Waals surface area contributed by atoms with Gasteiger partial charge in [-0.05, 0) is 48.6 Å². The number of nitrogens with zero attached hydrogens (tertiary/aromatic N) is 4. The zero-order chi connectivity index (χ0) is 20.2. The van der Waals surface area contributed by atoms with Crippen molar-refractivity contribution in [2.24, 2.45) is 0 Å². The van der Waals surface area contributed by atoms with Crippen molar-refractivity contribution in [3.63, 3.8) is 0 Å². The molecule has 0 aliphatic heterocycles. The van der Waals surface area contributed by atoms with Crippen molar-refractivity contribution in [2.45, 2.75) is 19.9 Å². The van der Waals surface area contributed by atoms with Gasteiger partial charge in [-0.2, -0.15) is 0 Å². The number of halogens is 2. The standard InChI is InChI=1S/C21H19ClN4OS2.ClH/c1-15-17(22)6-7-18-20(15)24-21(29-18)26(11-3-10-25-12-9-23-14-25)19(27)8-5-16-4-2-13-28-16;/h2,4-9,12-14H,3,10-11H2,1H3;1H/b8-5+;. The number of hydrogen-bond acceptors (Lipinski definition) is 5. The monoisotopic (exact) mass is 478 g/mol. The van der Waals surface area contributed by atoms with E-state index < -0.39 is 0 Å². The number of thiophene rings is 1. The number of benzene rings is 1. The van der Waals surface area contributed by atoms with Crippen LogP contribution in [-0.2, 0) is 11.3 Å². The number of anilines is 1. The van der Waals surface area contributed by atoms with Crippen molar-refractivity contribution in [2.75, 3.05) is 11.4 Å². The van der Waals surface area contributed by atoms with Gasteiger partial charge >= 0.3 is 0 Å². The molecule has 0 aliphatic carbocycles. The predicted octanol–water partition coefficient (Wildman–Crippen LogP) is 6.07. The van der Waals surface area contributed by atoms with Gasteiger partial charge in [-0.15, -0.1) is 23.7 Å². The number of amides is 1. The Morgan fingerprint density at radius 3 is 2.93 bits per heavy atom. The van der Waals surface area contributed by atoms with Crippen molar-refractivity contribution in [3.8, 4) is 0 Å². The average Bonchev–Trinajstić information content (AvgIpc) is 3.48. The first-order valence-corrected chi connectivity index (χ1v) is 11.2. The lowest BCUT2D eigenvalue weighted by atomic mass is 10.2. The predicted molar refractivity (Wildman–Crippen MR) is 129 cm³/mol. The molecule has 0 spiro atoms. The molecule has 0 aliphatic rings. The van der Waals surface area contributed by atoms with Crippen LogP contribution in [0.3, 0.4) is 0 Å². The van der Waals surface area contributed by atoms with Gasteiger partial charge in [-0.3, -0.25) is 9.69 Å². The Morgan fingerprint density at radius 1 is 1.33 bits per heavy atom. The minimum absolute atomic E-state index is 0. The van der Waals surface area contributed by atoms with Gasteiger partial charge in [0.2, 0.25) is 0 Å². The number of imidazole rings is 1. The van der Waals surface area contributed by atoms with E-state index >= 15 is 0 Å². The van der Waals surface area contributed by atoms with Crippen LogP contribution < -0.4 is 4.90 Å². The molecule has 0 fully saturated rings. The van der Waals surface area contributed by atoms with E-state index in [0.717, 1.165) is 33.6 Å². The maximum Gasteiger partial charge on any atom is 0.252 e.